The lowest BCUT2D eigenvalue weighted by Gasteiger charge is -2.09. The predicted molar refractivity (Wildman–Crippen MR) is 116 cm³/mol. The van der Waals surface area contributed by atoms with Crippen LogP contribution in [0.1, 0.15) is 36.8 Å². The van der Waals surface area contributed by atoms with Gasteiger partial charge in [0.1, 0.15) is 17.5 Å². The average Bonchev–Trinajstić information content (AvgIpc) is 3.12. The highest BCUT2D eigenvalue weighted by atomic mass is 16.6. The number of hydrogen-bond donors (Lipinski definition) is 0. The molecule has 160 valence electrons. The van der Waals surface area contributed by atoms with Gasteiger partial charge in [0.25, 0.3) is 0 Å². The lowest BCUT2D eigenvalue weighted by atomic mass is 10.0. The maximum atomic E-state index is 12.4. The summed E-state index contributed by atoms with van der Waals surface area (Å²) >= 11 is 0. The van der Waals surface area contributed by atoms with E-state index in [-0.39, 0.29) is 23.7 Å². The summed E-state index contributed by atoms with van der Waals surface area (Å²) in [5.41, 5.74) is 1.56. The van der Waals surface area contributed by atoms with E-state index in [0.29, 0.717) is 22.4 Å². The molecule has 0 atom stereocenters. The van der Waals surface area contributed by atoms with Crippen molar-refractivity contribution in [3.8, 4) is 28.7 Å². The van der Waals surface area contributed by atoms with Gasteiger partial charge in [0.15, 0.2) is 0 Å². The zero-order valence-corrected chi connectivity index (χ0v) is 17.8. The molecule has 0 saturated heterocycles. The second-order valence-electron chi connectivity index (χ2n) is 6.06. The van der Waals surface area contributed by atoms with E-state index in [1.807, 2.05) is 13.8 Å². The molecule has 0 aliphatic heterocycles. The molecule has 0 N–H and O–H groups in total. The van der Waals surface area contributed by atoms with Gasteiger partial charge in [0.05, 0.1) is 17.1 Å². The van der Waals surface area contributed by atoms with Crippen LogP contribution in [-0.2, 0) is 11.8 Å². The maximum Gasteiger partial charge on any atom is 0.355 e. The van der Waals surface area contributed by atoms with Crippen LogP contribution in [0.15, 0.2) is 54.7 Å². The van der Waals surface area contributed by atoms with Crippen LogP contribution in [0.2, 0.25) is 0 Å². The molecule has 31 heavy (non-hydrogen) atoms. The fourth-order valence-electron chi connectivity index (χ4n) is 2.96. The Morgan fingerprint density at radius 1 is 1.16 bits per heavy atom. The van der Waals surface area contributed by atoms with Gasteiger partial charge in [0, 0.05) is 24.9 Å². The minimum absolute atomic E-state index is 0.120. The Morgan fingerprint density at radius 2 is 1.81 bits per heavy atom. The smallest absolute Gasteiger partial charge is 0.355 e. The van der Waals surface area contributed by atoms with Gasteiger partial charge < -0.3 is 14.0 Å². The number of carbonyl (C=O) groups excluding carboxylic acids is 1. The second kappa shape index (κ2) is 10.6. The normalized spacial score (nSPS) is 9.77. The van der Waals surface area contributed by atoms with Crippen LogP contribution in [0.4, 0.5) is 5.69 Å². The number of esters is 1. The van der Waals surface area contributed by atoms with Gasteiger partial charge in [-0.05, 0) is 30.7 Å². The Hall–Kier alpha value is -4.12. The van der Waals surface area contributed by atoms with Crippen molar-refractivity contribution in [3.05, 3.63) is 76.1 Å². The molecule has 0 radical (unpaired) electrons. The number of hydrogen-bond acceptors (Lipinski definition) is 6. The van der Waals surface area contributed by atoms with Crippen LogP contribution in [0, 0.1) is 21.4 Å². The van der Waals surface area contributed by atoms with E-state index in [4.69, 9.17) is 9.47 Å². The van der Waals surface area contributed by atoms with Crippen LogP contribution in [0.25, 0.3) is 11.1 Å². The van der Waals surface area contributed by atoms with Gasteiger partial charge in [0.2, 0.25) is 5.75 Å². The molecule has 0 fully saturated rings. The summed E-state index contributed by atoms with van der Waals surface area (Å²) in [4.78, 5) is 23.0. The Bertz CT molecular complexity index is 1110. The van der Waals surface area contributed by atoms with E-state index in [9.17, 15) is 20.2 Å². The molecule has 0 aliphatic rings. The molecular weight excluding hydrogens is 398 g/mol. The third-order valence-corrected chi connectivity index (χ3v) is 4.20. The van der Waals surface area contributed by atoms with E-state index < -0.39 is 10.9 Å². The van der Waals surface area contributed by atoms with E-state index in [1.165, 1.54) is 12.1 Å². The molecule has 3 aromatic rings. The summed E-state index contributed by atoms with van der Waals surface area (Å²) in [6, 6.07) is 14.8. The molecular formula is C23H23N3O5. The maximum absolute atomic E-state index is 12.4. The molecule has 1 heterocycles. The first-order valence-electron chi connectivity index (χ1n) is 9.74. The summed E-state index contributed by atoms with van der Waals surface area (Å²) in [6.45, 7) is 5.93. The van der Waals surface area contributed by atoms with E-state index in [1.54, 1.807) is 61.1 Å². The molecule has 0 unspecified atom stereocenters. The van der Waals surface area contributed by atoms with Crippen LogP contribution in [0.3, 0.4) is 0 Å². The van der Waals surface area contributed by atoms with Gasteiger partial charge in [-0.3, -0.25) is 10.1 Å². The van der Waals surface area contributed by atoms with Crippen molar-refractivity contribution in [3.63, 3.8) is 0 Å². The molecule has 0 bridgehead atoms. The Morgan fingerprint density at radius 3 is 2.39 bits per heavy atom. The van der Waals surface area contributed by atoms with Gasteiger partial charge in [-0.2, -0.15) is 5.26 Å². The van der Waals surface area contributed by atoms with Crippen LogP contribution >= 0.6 is 0 Å². The molecule has 8 nitrogen and oxygen atoms in total. The van der Waals surface area contributed by atoms with E-state index in [0.717, 1.165) is 0 Å². The number of nitro benzene ring substituents is 1. The van der Waals surface area contributed by atoms with Crippen molar-refractivity contribution in [1.82, 2.24) is 4.57 Å². The standard InChI is InChI=1S/C21H17N3O5.C2H6/c1-3-28-21(25)20-19(15(12-22)13-23(20)2)14-8-10-16(11-9-14)29-18-7-5-4-6-17(18)24(26)27;1-2/h4-11,13H,3H2,1-2H3;1-2H3. The van der Waals surface area contributed by atoms with Gasteiger partial charge in [-0.1, -0.05) is 38.1 Å². The topological polar surface area (TPSA) is 107 Å². The number of nitrogens with zero attached hydrogens (tertiary/aromatic N) is 3. The number of carbonyl (C=O) groups is 1. The summed E-state index contributed by atoms with van der Waals surface area (Å²) in [7, 11) is 1.67. The molecule has 0 saturated carbocycles. The predicted octanol–water partition coefficient (Wildman–Crippen LogP) is 5.47. The molecule has 0 amide bonds. The number of aryl methyl sites for hydroxylation is 1. The van der Waals surface area contributed by atoms with Crippen LogP contribution in [-0.4, -0.2) is 22.1 Å². The second-order valence-corrected chi connectivity index (χ2v) is 6.06. The molecule has 0 aliphatic carbocycles. The first-order valence-corrected chi connectivity index (χ1v) is 9.74. The van der Waals surface area contributed by atoms with Crippen molar-refractivity contribution >= 4 is 11.7 Å². The monoisotopic (exact) mass is 421 g/mol. The largest absolute Gasteiger partial charge is 0.461 e. The number of para-hydroxylation sites is 2. The molecule has 0 spiro atoms. The fraction of sp³-hybridized carbons (Fsp3) is 0.217. The van der Waals surface area contributed by atoms with E-state index >= 15 is 0 Å². The van der Waals surface area contributed by atoms with Gasteiger partial charge >= 0.3 is 11.7 Å². The lowest BCUT2D eigenvalue weighted by molar-refractivity contribution is -0.385. The zero-order valence-electron chi connectivity index (χ0n) is 17.8. The summed E-state index contributed by atoms with van der Waals surface area (Å²) in [6.07, 6.45) is 1.57. The summed E-state index contributed by atoms with van der Waals surface area (Å²) in [5, 5.41) is 20.6. The number of aromatic nitrogens is 1. The fourth-order valence-corrected chi connectivity index (χ4v) is 2.96. The highest BCUT2D eigenvalue weighted by Crippen LogP contribution is 2.34. The Balaban J connectivity index is 0.00000166. The quantitative estimate of drug-likeness (QED) is 0.297. The number of benzene rings is 2. The highest BCUT2D eigenvalue weighted by molar-refractivity contribution is 5.97. The van der Waals surface area contributed by atoms with Crippen molar-refractivity contribution in [1.29, 1.82) is 5.26 Å². The van der Waals surface area contributed by atoms with Gasteiger partial charge in [-0.15, -0.1) is 0 Å². The highest BCUT2D eigenvalue weighted by Gasteiger charge is 2.23. The van der Waals surface area contributed by atoms with Crippen molar-refractivity contribution in [2.45, 2.75) is 20.8 Å². The van der Waals surface area contributed by atoms with Crippen molar-refractivity contribution < 1.29 is 19.2 Å². The SMILES string of the molecule is CC.CCOC(=O)c1c(-c2ccc(Oc3ccccc3[N+](=O)[O-])cc2)c(C#N)cn1C. The number of rotatable bonds is 6. The average molecular weight is 421 g/mol. The van der Waals surface area contributed by atoms with E-state index in [2.05, 4.69) is 6.07 Å². The summed E-state index contributed by atoms with van der Waals surface area (Å²) < 4.78 is 12.3. The number of ether oxygens (including phenoxy) is 2. The third kappa shape index (κ3) is 5.08. The number of nitriles is 1. The molecule has 3 rings (SSSR count). The molecule has 8 heteroatoms. The molecule has 1 aromatic heterocycles. The minimum Gasteiger partial charge on any atom is -0.461 e. The Kier molecular flexibility index (Phi) is 7.92. The lowest BCUT2D eigenvalue weighted by Crippen LogP contribution is -2.10. The zero-order chi connectivity index (χ0) is 23.0. The van der Waals surface area contributed by atoms with Gasteiger partial charge in [-0.25, -0.2) is 4.79 Å². The summed E-state index contributed by atoms with van der Waals surface area (Å²) in [5.74, 6) is -0.0169. The number of nitro groups is 1. The minimum atomic E-state index is -0.522. The third-order valence-electron chi connectivity index (χ3n) is 4.20. The van der Waals surface area contributed by atoms with Crippen molar-refractivity contribution in [2.75, 3.05) is 6.61 Å². The first kappa shape index (κ1) is 23.2. The molecule has 2 aromatic carbocycles. The van der Waals surface area contributed by atoms with Crippen LogP contribution in [0.5, 0.6) is 11.5 Å². The van der Waals surface area contributed by atoms with Crippen molar-refractivity contribution in [2.24, 2.45) is 7.05 Å². The van der Waals surface area contributed by atoms with Crippen LogP contribution < -0.4 is 4.74 Å². The Labute approximate surface area is 180 Å². The first-order chi connectivity index (χ1) is 15.0.